The number of unbranched alkanes of at least 4 members (excludes halogenated alkanes) is 9. The van der Waals surface area contributed by atoms with Crippen LogP contribution >= 0.6 is 7.82 Å². The molecule has 0 saturated heterocycles. The maximum Gasteiger partial charge on any atom is 0.472 e. The van der Waals surface area contributed by atoms with Crippen molar-refractivity contribution >= 4 is 13.7 Å². The number of amides is 1. The number of allylic oxidation sites excluding steroid dienone is 9. The van der Waals surface area contributed by atoms with Gasteiger partial charge in [0.15, 0.2) is 0 Å². The van der Waals surface area contributed by atoms with Crippen molar-refractivity contribution in [3.05, 3.63) is 60.8 Å². The molecule has 0 aromatic rings. The zero-order valence-corrected chi connectivity index (χ0v) is 27.8. The molecule has 9 heteroatoms. The van der Waals surface area contributed by atoms with Crippen LogP contribution in [0.5, 0.6) is 0 Å². The van der Waals surface area contributed by atoms with E-state index >= 15 is 0 Å². The summed E-state index contributed by atoms with van der Waals surface area (Å²) in [5, 5.41) is 13.4. The molecule has 1 amide bonds. The average molecular weight is 625 g/mol. The van der Waals surface area contributed by atoms with E-state index in [1.165, 1.54) is 19.3 Å². The predicted octanol–water partition coefficient (Wildman–Crippen LogP) is 7.99. The van der Waals surface area contributed by atoms with Crippen molar-refractivity contribution in [3.8, 4) is 0 Å². The van der Waals surface area contributed by atoms with Crippen molar-refractivity contribution in [1.82, 2.24) is 5.32 Å². The highest BCUT2D eigenvalue weighted by Gasteiger charge is 2.26. The second kappa shape index (κ2) is 30.2. The number of rotatable bonds is 29. The minimum Gasteiger partial charge on any atom is -0.387 e. The van der Waals surface area contributed by atoms with Crippen LogP contribution in [0.3, 0.4) is 0 Å². The van der Waals surface area contributed by atoms with Gasteiger partial charge in [-0.2, -0.15) is 0 Å². The molecular weight excluding hydrogens is 563 g/mol. The highest BCUT2D eigenvalue weighted by Crippen LogP contribution is 2.43. The molecule has 0 radical (unpaired) electrons. The minimum absolute atomic E-state index is 0.0706. The number of phosphoric ester groups is 1. The van der Waals surface area contributed by atoms with Crippen LogP contribution < -0.4 is 11.1 Å². The first-order valence-corrected chi connectivity index (χ1v) is 17.9. The molecule has 0 aromatic heterocycles. The summed E-state index contributed by atoms with van der Waals surface area (Å²) in [6.45, 7) is 3.89. The van der Waals surface area contributed by atoms with Gasteiger partial charge in [0.25, 0.3) is 0 Å². The number of nitrogens with one attached hydrogen (secondary N) is 1. The van der Waals surface area contributed by atoms with E-state index in [9.17, 15) is 19.4 Å². The molecule has 0 fully saturated rings. The summed E-state index contributed by atoms with van der Waals surface area (Å²) in [6, 6.07) is -0.871. The zero-order valence-electron chi connectivity index (χ0n) is 26.9. The number of carbonyl (C=O) groups excluding carboxylic acids is 1. The molecule has 0 rings (SSSR count). The maximum atomic E-state index is 12.6. The summed E-state index contributed by atoms with van der Waals surface area (Å²) in [7, 11) is -4.33. The lowest BCUT2D eigenvalue weighted by Crippen LogP contribution is -2.45. The summed E-state index contributed by atoms with van der Waals surface area (Å²) in [5.41, 5.74) is 5.32. The van der Waals surface area contributed by atoms with Gasteiger partial charge in [0.05, 0.1) is 25.4 Å². The molecule has 3 unspecified atom stereocenters. The Hall–Kier alpha value is -1.80. The second-order valence-electron chi connectivity index (χ2n) is 10.6. The van der Waals surface area contributed by atoms with Crippen LogP contribution in [0.25, 0.3) is 0 Å². The number of aliphatic hydroxyl groups is 1. The third-order valence-electron chi connectivity index (χ3n) is 6.60. The molecule has 0 aliphatic heterocycles. The van der Waals surface area contributed by atoms with Gasteiger partial charge >= 0.3 is 7.82 Å². The number of hydrogen-bond acceptors (Lipinski definition) is 6. The Morgan fingerprint density at radius 3 is 1.95 bits per heavy atom. The summed E-state index contributed by atoms with van der Waals surface area (Å²) >= 11 is 0. The average Bonchev–Trinajstić information content (AvgIpc) is 2.99. The summed E-state index contributed by atoms with van der Waals surface area (Å²) in [6.07, 6.45) is 35.7. The van der Waals surface area contributed by atoms with Gasteiger partial charge < -0.3 is 21.1 Å². The SMILES string of the molecule is CC/C=C\C/C=C\C/C=C\C/C=C\CCCCCCC(=O)NC(COP(=O)(O)OCCN)C(O)/C=C/CCCCCCC. The fraction of sp³-hybridized carbons (Fsp3) is 0.676. The summed E-state index contributed by atoms with van der Waals surface area (Å²) in [4.78, 5) is 22.4. The molecular formula is C34H61N2O6P. The Morgan fingerprint density at radius 1 is 0.791 bits per heavy atom. The van der Waals surface area contributed by atoms with Gasteiger partial charge in [-0.05, 0) is 57.8 Å². The van der Waals surface area contributed by atoms with Gasteiger partial charge in [-0.15, -0.1) is 0 Å². The second-order valence-corrected chi connectivity index (χ2v) is 12.1. The number of hydrogen-bond donors (Lipinski definition) is 4. The molecule has 0 heterocycles. The van der Waals surface area contributed by atoms with Gasteiger partial charge in [-0.1, -0.05) is 113 Å². The van der Waals surface area contributed by atoms with E-state index < -0.39 is 20.0 Å². The summed E-state index contributed by atoms with van der Waals surface area (Å²) < 4.78 is 21.8. The predicted molar refractivity (Wildman–Crippen MR) is 180 cm³/mol. The van der Waals surface area contributed by atoms with Crippen LogP contribution in [-0.2, 0) is 18.4 Å². The Bertz CT molecular complexity index is 856. The van der Waals surface area contributed by atoms with E-state index in [0.717, 1.165) is 77.0 Å². The van der Waals surface area contributed by atoms with Gasteiger partial charge in [0.1, 0.15) is 0 Å². The molecule has 248 valence electrons. The van der Waals surface area contributed by atoms with Crippen molar-refractivity contribution in [1.29, 1.82) is 0 Å². The van der Waals surface area contributed by atoms with Crippen molar-refractivity contribution in [2.75, 3.05) is 19.8 Å². The van der Waals surface area contributed by atoms with Crippen molar-refractivity contribution < 1.29 is 28.4 Å². The number of nitrogens with two attached hydrogens (primary N) is 1. The normalized spacial score (nSPS) is 15.4. The summed E-state index contributed by atoms with van der Waals surface area (Å²) in [5.74, 6) is -0.227. The molecule has 5 N–H and O–H groups in total. The molecule has 0 aliphatic rings. The Kier molecular flexibility index (Phi) is 29.0. The van der Waals surface area contributed by atoms with Gasteiger partial charge in [-0.3, -0.25) is 13.8 Å². The fourth-order valence-electron chi connectivity index (χ4n) is 4.12. The van der Waals surface area contributed by atoms with E-state index in [-0.39, 0.29) is 25.7 Å². The first-order chi connectivity index (χ1) is 20.9. The van der Waals surface area contributed by atoms with Gasteiger partial charge in [0.2, 0.25) is 5.91 Å². The Morgan fingerprint density at radius 2 is 1.35 bits per heavy atom. The van der Waals surface area contributed by atoms with E-state index in [4.69, 9.17) is 14.8 Å². The van der Waals surface area contributed by atoms with Gasteiger partial charge in [0, 0.05) is 13.0 Å². The van der Waals surface area contributed by atoms with Crippen LogP contribution in [0.4, 0.5) is 0 Å². The first-order valence-electron chi connectivity index (χ1n) is 16.4. The molecule has 8 nitrogen and oxygen atoms in total. The largest absolute Gasteiger partial charge is 0.472 e. The number of aliphatic hydroxyl groups excluding tert-OH is 1. The Balaban J connectivity index is 4.36. The van der Waals surface area contributed by atoms with Gasteiger partial charge in [-0.25, -0.2) is 4.57 Å². The van der Waals surface area contributed by atoms with Crippen molar-refractivity contribution in [2.45, 2.75) is 129 Å². The Labute approximate surface area is 262 Å². The fourth-order valence-corrected chi connectivity index (χ4v) is 4.88. The molecule has 0 saturated carbocycles. The molecule has 0 bridgehead atoms. The quantitative estimate of drug-likeness (QED) is 0.0377. The topological polar surface area (TPSA) is 131 Å². The molecule has 43 heavy (non-hydrogen) atoms. The monoisotopic (exact) mass is 624 g/mol. The third kappa shape index (κ3) is 28.7. The maximum absolute atomic E-state index is 12.6. The van der Waals surface area contributed by atoms with Crippen molar-refractivity contribution in [2.24, 2.45) is 5.73 Å². The molecule has 3 atom stereocenters. The standard InChI is InChI=1S/C34H61N2O6P/c1-3-5-7-9-11-12-13-14-15-16-17-18-19-20-22-24-26-28-34(38)36-32(31-42-43(39,40)41-30-29-35)33(37)27-25-23-21-10-8-6-4-2/h5,7,11-12,14-15,17-18,25,27,32-33,37H,3-4,6,8-10,13,16,19-24,26,28-31,35H2,1-2H3,(H,36,38)(H,39,40)/b7-5-,12-11-,15-14-,18-17-,27-25+. The van der Waals surface area contributed by atoms with Crippen LogP contribution in [-0.4, -0.2) is 47.8 Å². The van der Waals surface area contributed by atoms with Crippen LogP contribution in [0.2, 0.25) is 0 Å². The van der Waals surface area contributed by atoms with E-state index in [1.807, 2.05) is 6.08 Å². The molecule has 0 aliphatic carbocycles. The first kappa shape index (κ1) is 41.2. The van der Waals surface area contributed by atoms with Crippen LogP contribution in [0.1, 0.15) is 117 Å². The number of carbonyl (C=O) groups is 1. The zero-order chi connectivity index (χ0) is 31.9. The third-order valence-corrected chi connectivity index (χ3v) is 7.58. The van der Waals surface area contributed by atoms with E-state index in [0.29, 0.717) is 6.42 Å². The highest BCUT2D eigenvalue weighted by atomic mass is 31.2. The minimum atomic E-state index is -4.33. The molecule has 0 spiro atoms. The molecule has 0 aromatic carbocycles. The van der Waals surface area contributed by atoms with Crippen LogP contribution in [0, 0.1) is 0 Å². The van der Waals surface area contributed by atoms with E-state index in [1.54, 1.807) is 6.08 Å². The van der Waals surface area contributed by atoms with Crippen molar-refractivity contribution in [3.63, 3.8) is 0 Å². The smallest absolute Gasteiger partial charge is 0.387 e. The lowest BCUT2D eigenvalue weighted by atomic mass is 10.1. The highest BCUT2D eigenvalue weighted by molar-refractivity contribution is 7.47. The van der Waals surface area contributed by atoms with E-state index in [2.05, 4.69) is 67.8 Å². The lowest BCUT2D eigenvalue weighted by Gasteiger charge is -2.23. The lowest BCUT2D eigenvalue weighted by molar-refractivity contribution is -0.123. The number of phosphoric acid groups is 1. The van der Waals surface area contributed by atoms with Crippen LogP contribution in [0.15, 0.2) is 60.8 Å².